The first-order valence-electron chi connectivity index (χ1n) is 8.46. The Kier molecular flexibility index (Phi) is 7.21. The third-order valence-electron chi connectivity index (χ3n) is 4.47. The summed E-state index contributed by atoms with van der Waals surface area (Å²) in [4.78, 5) is 26.3. The summed E-state index contributed by atoms with van der Waals surface area (Å²) < 4.78 is 5.09. The van der Waals surface area contributed by atoms with Gasteiger partial charge in [-0.25, -0.2) is 0 Å². The van der Waals surface area contributed by atoms with Gasteiger partial charge >= 0.3 is 11.8 Å². The number of hydrogen-bond donors (Lipinski definition) is 2. The molecule has 1 heterocycles. The van der Waals surface area contributed by atoms with Crippen molar-refractivity contribution in [2.75, 3.05) is 45.2 Å². The van der Waals surface area contributed by atoms with Gasteiger partial charge in [0.15, 0.2) is 0 Å². The first-order chi connectivity index (χ1) is 11.6. The number of rotatable bonds is 6. The Morgan fingerprint density at radius 2 is 1.92 bits per heavy atom. The number of nitrogens with one attached hydrogen (secondary N) is 2. The summed E-state index contributed by atoms with van der Waals surface area (Å²) in [7, 11) is 1.71. The molecule has 0 atom stereocenters. The van der Waals surface area contributed by atoms with Crippen LogP contribution in [0.4, 0.5) is 5.69 Å². The molecule has 6 heteroatoms. The topological polar surface area (TPSA) is 70.7 Å². The summed E-state index contributed by atoms with van der Waals surface area (Å²) in [6, 6.07) is 7.41. The van der Waals surface area contributed by atoms with E-state index < -0.39 is 11.8 Å². The fourth-order valence-corrected chi connectivity index (χ4v) is 2.84. The monoisotopic (exact) mass is 333 g/mol. The summed E-state index contributed by atoms with van der Waals surface area (Å²) in [5.74, 6) is -0.749. The highest BCUT2D eigenvalue weighted by atomic mass is 16.5. The molecule has 2 rings (SSSR count). The zero-order chi connectivity index (χ0) is 17.4. The van der Waals surface area contributed by atoms with Crippen molar-refractivity contribution in [3.63, 3.8) is 0 Å². The van der Waals surface area contributed by atoms with Crippen LogP contribution in [0, 0.1) is 12.8 Å². The first-order valence-corrected chi connectivity index (χ1v) is 8.46. The number of amides is 2. The van der Waals surface area contributed by atoms with Crippen molar-refractivity contribution in [3.8, 4) is 0 Å². The van der Waals surface area contributed by atoms with Gasteiger partial charge < -0.3 is 20.3 Å². The second-order valence-corrected chi connectivity index (χ2v) is 6.26. The van der Waals surface area contributed by atoms with Gasteiger partial charge in [-0.2, -0.15) is 0 Å². The summed E-state index contributed by atoms with van der Waals surface area (Å²) >= 11 is 0. The molecular weight excluding hydrogens is 306 g/mol. The molecule has 0 spiro atoms. The van der Waals surface area contributed by atoms with Gasteiger partial charge in [0.25, 0.3) is 0 Å². The Morgan fingerprint density at radius 3 is 2.58 bits per heavy atom. The number of carbonyl (C=O) groups is 2. The quantitative estimate of drug-likeness (QED) is 0.772. The molecule has 0 unspecified atom stereocenters. The smallest absolute Gasteiger partial charge is 0.313 e. The van der Waals surface area contributed by atoms with Crippen molar-refractivity contribution >= 4 is 17.5 Å². The maximum absolute atomic E-state index is 12.0. The maximum Gasteiger partial charge on any atom is 0.313 e. The van der Waals surface area contributed by atoms with Crippen molar-refractivity contribution in [1.29, 1.82) is 0 Å². The van der Waals surface area contributed by atoms with E-state index in [1.54, 1.807) is 13.2 Å². The van der Waals surface area contributed by atoms with E-state index in [2.05, 4.69) is 15.5 Å². The van der Waals surface area contributed by atoms with Crippen molar-refractivity contribution in [1.82, 2.24) is 10.2 Å². The van der Waals surface area contributed by atoms with Crippen molar-refractivity contribution in [3.05, 3.63) is 29.8 Å². The lowest BCUT2D eigenvalue weighted by Crippen LogP contribution is -2.42. The average molecular weight is 333 g/mol. The van der Waals surface area contributed by atoms with Gasteiger partial charge in [-0.15, -0.1) is 0 Å². The number of methoxy groups -OCH3 is 1. The number of ether oxygens (including phenoxy) is 1. The molecule has 1 saturated heterocycles. The van der Waals surface area contributed by atoms with E-state index in [1.807, 2.05) is 25.1 Å². The summed E-state index contributed by atoms with van der Waals surface area (Å²) in [6.07, 6.45) is 2.06. The van der Waals surface area contributed by atoms with Crippen LogP contribution in [-0.2, 0) is 14.3 Å². The number of para-hydroxylation sites is 1. The van der Waals surface area contributed by atoms with E-state index in [1.165, 1.54) is 0 Å². The molecule has 1 aliphatic rings. The molecule has 1 aliphatic heterocycles. The molecule has 6 nitrogen and oxygen atoms in total. The van der Waals surface area contributed by atoms with Gasteiger partial charge in [0.2, 0.25) is 0 Å². The van der Waals surface area contributed by atoms with Gasteiger partial charge in [0.1, 0.15) is 0 Å². The lowest BCUT2D eigenvalue weighted by atomic mass is 9.97. The second kappa shape index (κ2) is 9.39. The average Bonchev–Trinajstić information content (AvgIpc) is 2.60. The van der Waals surface area contributed by atoms with Crippen molar-refractivity contribution in [2.24, 2.45) is 5.92 Å². The Labute approximate surface area is 143 Å². The van der Waals surface area contributed by atoms with Gasteiger partial charge in [-0.1, -0.05) is 18.2 Å². The lowest BCUT2D eigenvalue weighted by molar-refractivity contribution is -0.136. The van der Waals surface area contributed by atoms with Crippen LogP contribution in [0.5, 0.6) is 0 Å². The first kappa shape index (κ1) is 18.4. The number of aryl methyl sites for hydroxylation is 1. The summed E-state index contributed by atoms with van der Waals surface area (Å²) in [5.41, 5.74) is 1.60. The van der Waals surface area contributed by atoms with E-state index >= 15 is 0 Å². The SMILES string of the molecule is COCCN1CCC(CNC(=O)C(=O)Nc2ccccc2C)CC1. The predicted molar refractivity (Wildman–Crippen MR) is 93.9 cm³/mol. The van der Waals surface area contributed by atoms with Gasteiger partial charge in [0.05, 0.1) is 6.61 Å². The third kappa shape index (κ3) is 5.62. The molecule has 24 heavy (non-hydrogen) atoms. The number of carbonyl (C=O) groups excluding carboxylic acids is 2. The largest absolute Gasteiger partial charge is 0.383 e. The normalized spacial score (nSPS) is 15.9. The molecule has 1 fully saturated rings. The zero-order valence-corrected chi connectivity index (χ0v) is 14.5. The highest BCUT2D eigenvalue weighted by molar-refractivity contribution is 6.39. The Morgan fingerprint density at radius 1 is 1.21 bits per heavy atom. The Bertz CT molecular complexity index is 554. The van der Waals surface area contributed by atoms with Crippen LogP contribution in [0.1, 0.15) is 18.4 Å². The van der Waals surface area contributed by atoms with E-state index in [-0.39, 0.29) is 0 Å². The minimum absolute atomic E-state index is 0.430. The molecule has 2 amide bonds. The number of piperidine rings is 1. The molecule has 0 radical (unpaired) electrons. The number of hydrogen-bond acceptors (Lipinski definition) is 4. The second-order valence-electron chi connectivity index (χ2n) is 6.26. The highest BCUT2D eigenvalue weighted by Crippen LogP contribution is 2.16. The Balaban J connectivity index is 1.70. The van der Waals surface area contributed by atoms with E-state index in [0.717, 1.165) is 44.6 Å². The number of likely N-dealkylation sites (tertiary alicyclic amines) is 1. The summed E-state index contributed by atoms with van der Waals surface area (Å²) in [5, 5.41) is 5.41. The summed E-state index contributed by atoms with van der Waals surface area (Å²) in [6.45, 7) is 6.18. The van der Waals surface area contributed by atoms with Crippen LogP contribution in [0.2, 0.25) is 0 Å². The van der Waals surface area contributed by atoms with Crippen LogP contribution < -0.4 is 10.6 Å². The maximum atomic E-state index is 12.0. The molecule has 0 saturated carbocycles. The van der Waals surface area contributed by atoms with Gasteiger partial charge in [-0.05, 0) is 50.4 Å². The molecule has 2 N–H and O–H groups in total. The van der Waals surface area contributed by atoms with Crippen molar-refractivity contribution < 1.29 is 14.3 Å². The minimum Gasteiger partial charge on any atom is -0.383 e. The van der Waals surface area contributed by atoms with E-state index in [9.17, 15) is 9.59 Å². The molecule has 0 aromatic heterocycles. The molecule has 0 bridgehead atoms. The van der Waals surface area contributed by atoms with Crippen LogP contribution in [0.3, 0.4) is 0 Å². The fourth-order valence-electron chi connectivity index (χ4n) is 2.84. The lowest BCUT2D eigenvalue weighted by Gasteiger charge is -2.31. The fraction of sp³-hybridized carbons (Fsp3) is 0.556. The van der Waals surface area contributed by atoms with E-state index in [4.69, 9.17) is 4.74 Å². The molecule has 132 valence electrons. The molecule has 0 aliphatic carbocycles. The van der Waals surface area contributed by atoms with Crippen LogP contribution in [-0.4, -0.2) is 56.6 Å². The minimum atomic E-state index is -0.609. The molecule has 1 aromatic carbocycles. The van der Waals surface area contributed by atoms with E-state index in [0.29, 0.717) is 18.2 Å². The van der Waals surface area contributed by atoms with Crippen LogP contribution in [0.15, 0.2) is 24.3 Å². The zero-order valence-electron chi connectivity index (χ0n) is 14.5. The van der Waals surface area contributed by atoms with Gasteiger partial charge in [0, 0.05) is 25.9 Å². The molecular formula is C18H27N3O3. The highest BCUT2D eigenvalue weighted by Gasteiger charge is 2.21. The Hall–Kier alpha value is -1.92. The van der Waals surface area contributed by atoms with Gasteiger partial charge in [-0.3, -0.25) is 9.59 Å². The van der Waals surface area contributed by atoms with Crippen LogP contribution in [0.25, 0.3) is 0 Å². The molecule has 1 aromatic rings. The van der Waals surface area contributed by atoms with Crippen molar-refractivity contribution in [2.45, 2.75) is 19.8 Å². The number of anilines is 1. The van der Waals surface area contributed by atoms with Crippen LogP contribution >= 0.6 is 0 Å². The standard InChI is InChI=1S/C18H27N3O3/c1-14-5-3-4-6-16(14)20-18(23)17(22)19-13-15-7-9-21(10-8-15)11-12-24-2/h3-6,15H,7-13H2,1-2H3,(H,19,22)(H,20,23). The predicted octanol–water partition coefficient (Wildman–Crippen LogP) is 1.41. The number of benzene rings is 1. The third-order valence-corrected chi connectivity index (χ3v) is 4.47. The number of nitrogens with zero attached hydrogens (tertiary/aromatic N) is 1.